The van der Waals surface area contributed by atoms with Gasteiger partial charge in [0.25, 0.3) is 0 Å². The fourth-order valence-electron chi connectivity index (χ4n) is 1.82. The van der Waals surface area contributed by atoms with Gasteiger partial charge in [0.05, 0.1) is 12.0 Å². The van der Waals surface area contributed by atoms with Crippen molar-refractivity contribution in [2.75, 3.05) is 12.4 Å². The molecule has 0 saturated carbocycles. The number of methoxy groups -OCH3 is 1. The monoisotopic (exact) mass is 282 g/mol. The molecule has 7 nitrogen and oxygen atoms in total. The van der Waals surface area contributed by atoms with E-state index in [-0.39, 0.29) is 17.9 Å². The zero-order valence-electron chi connectivity index (χ0n) is 11.7. The molecular weight excluding hydrogens is 264 g/mol. The molecule has 0 atom stereocenters. The van der Waals surface area contributed by atoms with Gasteiger partial charge in [0.1, 0.15) is 5.69 Å². The van der Waals surface area contributed by atoms with Crippen LogP contribution in [0.5, 0.6) is 5.75 Å². The number of para-hydroxylation sites is 1. The van der Waals surface area contributed by atoms with Gasteiger partial charge in [0.2, 0.25) is 0 Å². The molecule has 0 spiro atoms. The maximum atomic E-state index is 11.1. The van der Waals surface area contributed by atoms with E-state index in [4.69, 9.17) is 9.84 Å². The number of carboxylic acid groups (broad SMARTS) is 1. The Labute approximate surface area is 116 Å². The van der Waals surface area contributed by atoms with Crippen LogP contribution in [0.15, 0.2) is 18.2 Å². The normalized spacial score (nSPS) is 10.9. The number of benzene rings is 1. The molecule has 1 aromatic rings. The Kier molecular flexibility index (Phi) is 4.90. The molecule has 1 aromatic carbocycles. The maximum absolute atomic E-state index is 11.1. The topological polar surface area (TPSA) is 102 Å². The summed E-state index contributed by atoms with van der Waals surface area (Å²) in [6.45, 7) is 3.58. The highest BCUT2D eigenvalue weighted by Gasteiger charge is 2.26. The second kappa shape index (κ2) is 6.23. The maximum Gasteiger partial charge on any atom is 0.333 e. The van der Waals surface area contributed by atoms with Gasteiger partial charge in [-0.1, -0.05) is 6.07 Å². The summed E-state index contributed by atoms with van der Waals surface area (Å²) in [5, 5.41) is 22.9. The van der Waals surface area contributed by atoms with Crippen molar-refractivity contribution in [1.82, 2.24) is 0 Å². The van der Waals surface area contributed by atoms with Crippen LogP contribution in [0, 0.1) is 10.1 Å². The zero-order chi connectivity index (χ0) is 15.3. The van der Waals surface area contributed by atoms with Crippen LogP contribution < -0.4 is 10.1 Å². The number of nitrogens with one attached hydrogen (secondary N) is 1. The lowest BCUT2D eigenvalue weighted by Gasteiger charge is -2.27. The van der Waals surface area contributed by atoms with E-state index in [1.54, 1.807) is 26.0 Å². The summed E-state index contributed by atoms with van der Waals surface area (Å²) in [6, 6.07) is 4.72. The largest absolute Gasteiger partial charge is 0.490 e. The van der Waals surface area contributed by atoms with Gasteiger partial charge in [-0.15, -0.1) is 0 Å². The van der Waals surface area contributed by atoms with E-state index in [2.05, 4.69) is 5.32 Å². The van der Waals surface area contributed by atoms with E-state index in [1.165, 1.54) is 13.2 Å². The molecule has 0 aliphatic rings. The molecule has 110 valence electrons. The second-order valence-corrected chi connectivity index (χ2v) is 5.02. The fraction of sp³-hybridized carbons (Fsp3) is 0.462. The highest BCUT2D eigenvalue weighted by atomic mass is 16.6. The first-order chi connectivity index (χ1) is 9.26. The van der Waals surface area contributed by atoms with Crippen LogP contribution in [0.2, 0.25) is 0 Å². The molecule has 0 radical (unpaired) electrons. The summed E-state index contributed by atoms with van der Waals surface area (Å²) in [5.41, 5.74) is -0.432. The molecule has 2 N–H and O–H groups in total. The van der Waals surface area contributed by atoms with Crippen molar-refractivity contribution in [2.45, 2.75) is 32.2 Å². The number of hydrogen-bond acceptors (Lipinski definition) is 5. The number of aliphatic carboxylic acids is 1. The Bertz CT molecular complexity index is 513. The first-order valence-electron chi connectivity index (χ1n) is 6.08. The quantitative estimate of drug-likeness (QED) is 0.589. The first kappa shape index (κ1) is 15.7. The molecule has 0 amide bonds. The van der Waals surface area contributed by atoms with Gasteiger partial charge >= 0.3 is 11.7 Å². The summed E-state index contributed by atoms with van der Waals surface area (Å²) in [4.78, 5) is 21.2. The Morgan fingerprint density at radius 3 is 2.65 bits per heavy atom. The second-order valence-electron chi connectivity index (χ2n) is 5.02. The molecule has 0 aliphatic heterocycles. The molecule has 0 fully saturated rings. The average molecular weight is 282 g/mol. The number of nitrogens with zero attached hydrogens (tertiary/aromatic N) is 1. The lowest BCUT2D eigenvalue weighted by atomic mass is 9.97. The van der Waals surface area contributed by atoms with E-state index >= 15 is 0 Å². The van der Waals surface area contributed by atoms with Gasteiger partial charge < -0.3 is 15.2 Å². The lowest BCUT2D eigenvalue weighted by Crippen LogP contribution is -2.31. The van der Waals surface area contributed by atoms with Crippen molar-refractivity contribution < 1.29 is 19.6 Å². The molecule has 0 heterocycles. The van der Waals surface area contributed by atoms with Crippen molar-refractivity contribution in [1.29, 1.82) is 0 Å². The third-order valence-electron chi connectivity index (χ3n) is 2.84. The van der Waals surface area contributed by atoms with Gasteiger partial charge in [-0.2, -0.15) is 0 Å². The lowest BCUT2D eigenvalue weighted by molar-refractivity contribution is -0.384. The van der Waals surface area contributed by atoms with Crippen LogP contribution in [-0.2, 0) is 4.79 Å². The van der Waals surface area contributed by atoms with E-state index in [9.17, 15) is 14.9 Å². The molecule has 0 unspecified atom stereocenters. The third-order valence-corrected chi connectivity index (χ3v) is 2.84. The van der Waals surface area contributed by atoms with Crippen molar-refractivity contribution in [3.05, 3.63) is 28.3 Å². The number of anilines is 1. The third kappa shape index (κ3) is 4.11. The molecule has 1 rings (SSSR count). The number of rotatable bonds is 7. The fourth-order valence-corrected chi connectivity index (χ4v) is 1.82. The van der Waals surface area contributed by atoms with E-state index in [1.807, 2.05) is 0 Å². The predicted octanol–water partition coefficient (Wildman–Crippen LogP) is 2.66. The van der Waals surface area contributed by atoms with Crippen LogP contribution in [0.25, 0.3) is 0 Å². The Morgan fingerprint density at radius 2 is 2.15 bits per heavy atom. The SMILES string of the molecule is COc1cccc(NC(C)(C)CCC(=O)O)c1[N+](=O)[O-]. The van der Waals surface area contributed by atoms with Crippen molar-refractivity contribution in [3.8, 4) is 5.75 Å². The van der Waals surface area contributed by atoms with Crippen molar-refractivity contribution >= 4 is 17.3 Å². The van der Waals surface area contributed by atoms with Crippen LogP contribution in [0.3, 0.4) is 0 Å². The summed E-state index contributed by atoms with van der Waals surface area (Å²) < 4.78 is 4.98. The minimum Gasteiger partial charge on any atom is -0.490 e. The zero-order valence-corrected chi connectivity index (χ0v) is 11.7. The molecule has 20 heavy (non-hydrogen) atoms. The molecule has 0 bridgehead atoms. The summed E-state index contributed by atoms with van der Waals surface area (Å²) in [7, 11) is 1.36. The Morgan fingerprint density at radius 1 is 1.50 bits per heavy atom. The number of nitro benzene ring substituents is 1. The van der Waals surface area contributed by atoms with Crippen LogP contribution in [0.1, 0.15) is 26.7 Å². The number of hydrogen-bond donors (Lipinski definition) is 2. The van der Waals surface area contributed by atoms with Gasteiger partial charge in [0.15, 0.2) is 5.75 Å². The van der Waals surface area contributed by atoms with Gasteiger partial charge in [-0.25, -0.2) is 0 Å². The van der Waals surface area contributed by atoms with E-state index in [0.717, 1.165) is 0 Å². The van der Waals surface area contributed by atoms with Crippen molar-refractivity contribution in [2.24, 2.45) is 0 Å². The van der Waals surface area contributed by atoms with E-state index in [0.29, 0.717) is 12.1 Å². The van der Waals surface area contributed by atoms with E-state index < -0.39 is 16.4 Å². The number of ether oxygens (including phenoxy) is 1. The Balaban J connectivity index is 3.02. The smallest absolute Gasteiger partial charge is 0.333 e. The first-order valence-corrected chi connectivity index (χ1v) is 6.08. The minimum atomic E-state index is -0.903. The molecule has 0 aromatic heterocycles. The summed E-state index contributed by atoms with van der Waals surface area (Å²) in [6.07, 6.45) is 0.328. The highest BCUT2D eigenvalue weighted by molar-refractivity contribution is 5.70. The Hall–Kier alpha value is -2.31. The molecule has 0 saturated heterocycles. The van der Waals surface area contributed by atoms with Crippen LogP contribution in [-0.4, -0.2) is 28.6 Å². The predicted molar refractivity (Wildman–Crippen MR) is 74.2 cm³/mol. The number of nitro groups is 1. The van der Waals surface area contributed by atoms with Crippen molar-refractivity contribution in [3.63, 3.8) is 0 Å². The van der Waals surface area contributed by atoms with Gasteiger partial charge in [-0.05, 0) is 32.4 Å². The van der Waals surface area contributed by atoms with Crippen LogP contribution >= 0.6 is 0 Å². The molecular formula is C13H18N2O5. The highest BCUT2D eigenvalue weighted by Crippen LogP contribution is 2.36. The standard InChI is InChI=1S/C13H18N2O5/c1-13(2,8-7-11(16)17)14-9-5-4-6-10(20-3)12(9)15(18)19/h4-6,14H,7-8H2,1-3H3,(H,16,17). The molecule has 0 aliphatic carbocycles. The van der Waals surface area contributed by atoms with Gasteiger partial charge in [0, 0.05) is 12.0 Å². The summed E-state index contributed by atoms with van der Waals surface area (Å²) in [5.74, 6) is -0.742. The summed E-state index contributed by atoms with van der Waals surface area (Å²) >= 11 is 0. The minimum absolute atomic E-state index is 0.0161. The average Bonchev–Trinajstić information content (AvgIpc) is 2.35. The molecule has 7 heteroatoms. The number of carboxylic acids is 1. The van der Waals surface area contributed by atoms with Crippen LogP contribution in [0.4, 0.5) is 11.4 Å². The number of carbonyl (C=O) groups is 1. The van der Waals surface area contributed by atoms with Gasteiger partial charge in [-0.3, -0.25) is 14.9 Å².